The zero-order valence-electron chi connectivity index (χ0n) is 9.16. The van der Waals surface area contributed by atoms with Gasteiger partial charge >= 0.3 is 0 Å². The highest BCUT2D eigenvalue weighted by atomic mass is 35.5. The number of hydrogen-bond acceptors (Lipinski definition) is 2. The van der Waals surface area contributed by atoms with Crippen LogP contribution in [0.3, 0.4) is 0 Å². The van der Waals surface area contributed by atoms with Gasteiger partial charge in [0.1, 0.15) is 11.6 Å². The van der Waals surface area contributed by atoms with E-state index in [0.717, 1.165) is 12.1 Å². The first-order chi connectivity index (χ1) is 8.59. The van der Waals surface area contributed by atoms with Gasteiger partial charge in [0, 0.05) is 18.8 Å². The Balaban J connectivity index is 2.31. The second-order valence-corrected chi connectivity index (χ2v) is 4.07. The van der Waals surface area contributed by atoms with Gasteiger partial charge in [0.05, 0.1) is 10.6 Å². The number of halogens is 3. The Kier molecular flexibility index (Phi) is 3.67. The van der Waals surface area contributed by atoms with Crippen LogP contribution in [0.15, 0.2) is 36.7 Å². The summed E-state index contributed by atoms with van der Waals surface area (Å²) in [7, 11) is 0. The van der Waals surface area contributed by atoms with Crippen LogP contribution >= 0.6 is 11.6 Å². The lowest BCUT2D eigenvalue weighted by molar-refractivity contribution is 0.0985. The number of rotatable bonds is 3. The van der Waals surface area contributed by atoms with Crippen LogP contribution in [-0.2, 0) is 6.42 Å². The zero-order valence-corrected chi connectivity index (χ0v) is 9.92. The first-order valence-electron chi connectivity index (χ1n) is 5.15. The van der Waals surface area contributed by atoms with Crippen LogP contribution in [0.4, 0.5) is 8.78 Å². The molecule has 0 N–H and O–H groups in total. The summed E-state index contributed by atoms with van der Waals surface area (Å²) < 4.78 is 26.8. The van der Waals surface area contributed by atoms with Crippen LogP contribution < -0.4 is 0 Å². The van der Waals surface area contributed by atoms with Gasteiger partial charge in [0.25, 0.3) is 0 Å². The molecule has 0 spiro atoms. The lowest BCUT2D eigenvalue weighted by Gasteiger charge is -2.05. The van der Waals surface area contributed by atoms with Crippen molar-refractivity contribution in [1.82, 2.24) is 4.98 Å². The van der Waals surface area contributed by atoms with E-state index < -0.39 is 23.0 Å². The molecule has 18 heavy (non-hydrogen) atoms. The van der Waals surface area contributed by atoms with E-state index in [1.807, 2.05) is 0 Å². The van der Waals surface area contributed by atoms with E-state index in [2.05, 4.69) is 4.98 Å². The SMILES string of the molecule is O=C(Cc1ccncc1Cl)c1c(F)cccc1F. The Morgan fingerprint density at radius 2 is 1.89 bits per heavy atom. The number of benzene rings is 1. The van der Waals surface area contributed by atoms with Crippen molar-refractivity contribution >= 4 is 17.4 Å². The summed E-state index contributed by atoms with van der Waals surface area (Å²) >= 11 is 5.83. The topological polar surface area (TPSA) is 30.0 Å². The third-order valence-electron chi connectivity index (χ3n) is 2.45. The molecule has 1 aromatic carbocycles. The van der Waals surface area contributed by atoms with Gasteiger partial charge in [-0.3, -0.25) is 9.78 Å². The summed E-state index contributed by atoms with van der Waals surface area (Å²) in [6.07, 6.45) is 2.67. The fourth-order valence-electron chi connectivity index (χ4n) is 1.57. The number of Topliss-reactive ketones (excluding diaryl/α,β-unsaturated/α-hetero) is 1. The molecule has 0 aliphatic heterocycles. The summed E-state index contributed by atoms with van der Waals surface area (Å²) in [5, 5.41) is 0.294. The van der Waals surface area contributed by atoms with Gasteiger partial charge in [0.2, 0.25) is 0 Å². The number of carbonyl (C=O) groups is 1. The van der Waals surface area contributed by atoms with Gasteiger partial charge in [-0.05, 0) is 23.8 Å². The van der Waals surface area contributed by atoms with Gasteiger partial charge in [-0.25, -0.2) is 8.78 Å². The Morgan fingerprint density at radius 3 is 2.50 bits per heavy atom. The van der Waals surface area contributed by atoms with E-state index in [0.29, 0.717) is 10.6 Å². The zero-order chi connectivity index (χ0) is 13.1. The lowest BCUT2D eigenvalue weighted by Crippen LogP contribution is -2.09. The molecular weight excluding hydrogens is 260 g/mol. The average Bonchev–Trinajstić information content (AvgIpc) is 2.32. The quantitative estimate of drug-likeness (QED) is 0.798. The summed E-state index contributed by atoms with van der Waals surface area (Å²) in [5.74, 6) is -2.39. The van der Waals surface area contributed by atoms with Crippen molar-refractivity contribution in [2.75, 3.05) is 0 Å². The number of hydrogen-bond donors (Lipinski definition) is 0. The molecule has 0 aliphatic rings. The van der Waals surface area contributed by atoms with Crippen LogP contribution in [0.1, 0.15) is 15.9 Å². The minimum Gasteiger partial charge on any atom is -0.294 e. The van der Waals surface area contributed by atoms with Crippen molar-refractivity contribution in [2.24, 2.45) is 0 Å². The maximum atomic E-state index is 13.4. The number of pyridine rings is 1. The molecule has 0 aliphatic carbocycles. The highest BCUT2D eigenvalue weighted by Crippen LogP contribution is 2.19. The normalized spacial score (nSPS) is 10.4. The monoisotopic (exact) mass is 267 g/mol. The molecule has 92 valence electrons. The van der Waals surface area contributed by atoms with Crippen LogP contribution in [-0.4, -0.2) is 10.8 Å². The van der Waals surface area contributed by atoms with Crippen molar-refractivity contribution < 1.29 is 13.6 Å². The highest BCUT2D eigenvalue weighted by molar-refractivity contribution is 6.31. The number of aromatic nitrogens is 1. The molecule has 5 heteroatoms. The smallest absolute Gasteiger partial charge is 0.173 e. The summed E-state index contributed by atoms with van der Waals surface area (Å²) in [6.45, 7) is 0. The molecule has 0 bridgehead atoms. The molecular formula is C13H8ClF2NO. The third-order valence-corrected chi connectivity index (χ3v) is 2.79. The summed E-state index contributed by atoms with van der Waals surface area (Å²) in [6, 6.07) is 4.84. The summed E-state index contributed by atoms with van der Waals surface area (Å²) in [5.41, 5.74) is -0.0512. The van der Waals surface area contributed by atoms with Gasteiger partial charge in [-0.15, -0.1) is 0 Å². The van der Waals surface area contributed by atoms with E-state index in [1.54, 1.807) is 6.07 Å². The predicted molar refractivity (Wildman–Crippen MR) is 63.6 cm³/mol. The van der Waals surface area contributed by atoms with Crippen molar-refractivity contribution in [3.05, 3.63) is 64.4 Å². The molecule has 0 unspecified atom stereocenters. The molecule has 0 atom stereocenters. The minimum atomic E-state index is -0.870. The van der Waals surface area contributed by atoms with Gasteiger partial charge < -0.3 is 0 Å². The average molecular weight is 268 g/mol. The van der Waals surface area contributed by atoms with Gasteiger partial charge in [0.15, 0.2) is 5.78 Å². The van der Waals surface area contributed by atoms with E-state index in [4.69, 9.17) is 11.6 Å². The molecule has 0 fully saturated rings. The molecule has 0 saturated carbocycles. The standard InChI is InChI=1S/C13H8ClF2NO/c14-9-7-17-5-4-8(9)6-12(18)13-10(15)2-1-3-11(13)16/h1-5,7H,6H2. The van der Waals surface area contributed by atoms with Gasteiger partial charge in [-0.2, -0.15) is 0 Å². The van der Waals surface area contributed by atoms with E-state index in [9.17, 15) is 13.6 Å². The number of nitrogens with zero attached hydrogens (tertiary/aromatic N) is 1. The minimum absolute atomic E-state index is 0.167. The van der Waals surface area contributed by atoms with Crippen molar-refractivity contribution in [1.29, 1.82) is 0 Å². The molecule has 1 heterocycles. The van der Waals surface area contributed by atoms with E-state index in [1.165, 1.54) is 18.5 Å². The molecule has 1 aromatic heterocycles. The fraction of sp³-hybridized carbons (Fsp3) is 0.0769. The van der Waals surface area contributed by atoms with Crippen molar-refractivity contribution in [2.45, 2.75) is 6.42 Å². The maximum absolute atomic E-state index is 13.4. The first-order valence-corrected chi connectivity index (χ1v) is 5.53. The maximum Gasteiger partial charge on any atom is 0.173 e. The fourth-order valence-corrected chi connectivity index (χ4v) is 1.76. The van der Waals surface area contributed by atoms with Crippen LogP contribution in [0.25, 0.3) is 0 Å². The Hall–Kier alpha value is -1.81. The largest absolute Gasteiger partial charge is 0.294 e. The lowest BCUT2D eigenvalue weighted by atomic mass is 10.0. The number of ketones is 1. The Morgan fingerprint density at radius 1 is 1.22 bits per heavy atom. The van der Waals surface area contributed by atoms with E-state index >= 15 is 0 Å². The third kappa shape index (κ3) is 2.54. The molecule has 2 rings (SSSR count). The van der Waals surface area contributed by atoms with Crippen molar-refractivity contribution in [3.8, 4) is 0 Å². The molecule has 0 saturated heterocycles. The second-order valence-electron chi connectivity index (χ2n) is 3.66. The molecule has 0 amide bonds. The van der Waals surface area contributed by atoms with Crippen LogP contribution in [0.5, 0.6) is 0 Å². The highest BCUT2D eigenvalue weighted by Gasteiger charge is 2.18. The van der Waals surface area contributed by atoms with Crippen LogP contribution in [0.2, 0.25) is 5.02 Å². The first kappa shape index (κ1) is 12.6. The second kappa shape index (κ2) is 5.23. The molecule has 2 nitrogen and oxygen atoms in total. The molecule has 2 aromatic rings. The van der Waals surface area contributed by atoms with Crippen molar-refractivity contribution in [3.63, 3.8) is 0 Å². The predicted octanol–water partition coefficient (Wildman–Crippen LogP) is 3.44. The molecule has 0 radical (unpaired) electrons. The number of carbonyl (C=O) groups excluding carboxylic acids is 1. The van der Waals surface area contributed by atoms with Gasteiger partial charge in [-0.1, -0.05) is 17.7 Å². The van der Waals surface area contributed by atoms with E-state index in [-0.39, 0.29) is 6.42 Å². The summed E-state index contributed by atoms with van der Waals surface area (Å²) in [4.78, 5) is 15.6. The Bertz CT molecular complexity index is 581. The Labute approximate surface area is 107 Å². The van der Waals surface area contributed by atoms with Crippen LogP contribution in [0, 0.1) is 11.6 Å².